The molecule has 1 atom stereocenters. The molecule has 1 aliphatic carbocycles. The lowest BCUT2D eigenvalue weighted by atomic mass is 9.88. The molecule has 2 N–H and O–H groups in total. The van der Waals surface area contributed by atoms with Crippen LogP contribution in [0.2, 0.25) is 0 Å². The molecule has 0 bridgehead atoms. The number of benzene rings is 1. The van der Waals surface area contributed by atoms with Crippen LogP contribution in [-0.4, -0.2) is 11.8 Å². The van der Waals surface area contributed by atoms with E-state index in [1.165, 1.54) is 16.2 Å². The third-order valence-corrected chi connectivity index (χ3v) is 6.42. The molecule has 150 valence electrons. The quantitative estimate of drug-likeness (QED) is 0.627. The Morgan fingerprint density at radius 3 is 2.83 bits per heavy atom. The lowest BCUT2D eigenvalue weighted by Gasteiger charge is -2.18. The van der Waals surface area contributed by atoms with Crippen molar-refractivity contribution in [1.82, 2.24) is 5.32 Å². The molecular weight excluding hydrogens is 384 g/mol. The van der Waals surface area contributed by atoms with Crippen molar-refractivity contribution in [2.24, 2.45) is 5.92 Å². The molecule has 2 amide bonds. The van der Waals surface area contributed by atoms with E-state index in [2.05, 4.69) is 17.6 Å². The largest absolute Gasteiger partial charge is 0.467 e. The van der Waals surface area contributed by atoms with Crippen LogP contribution >= 0.6 is 11.3 Å². The van der Waals surface area contributed by atoms with Crippen molar-refractivity contribution in [3.63, 3.8) is 0 Å². The van der Waals surface area contributed by atoms with Gasteiger partial charge in [0.1, 0.15) is 10.8 Å². The number of hydrogen-bond donors (Lipinski definition) is 2. The van der Waals surface area contributed by atoms with Crippen LogP contribution in [0, 0.1) is 12.8 Å². The number of aryl methyl sites for hydroxylation is 1. The van der Waals surface area contributed by atoms with Crippen LogP contribution in [0.3, 0.4) is 0 Å². The van der Waals surface area contributed by atoms with E-state index in [0.717, 1.165) is 30.4 Å². The number of carbonyl (C=O) groups is 2. The molecule has 1 aliphatic rings. The highest BCUT2D eigenvalue weighted by molar-refractivity contribution is 7.17. The average Bonchev–Trinajstić information content (AvgIpc) is 3.33. The Balaban J connectivity index is 1.61. The van der Waals surface area contributed by atoms with E-state index in [4.69, 9.17) is 4.42 Å². The number of amides is 2. The number of nitrogens with one attached hydrogen (secondary N) is 2. The summed E-state index contributed by atoms with van der Waals surface area (Å²) in [7, 11) is 0. The molecule has 2 heterocycles. The highest BCUT2D eigenvalue weighted by Crippen LogP contribution is 2.39. The van der Waals surface area contributed by atoms with Gasteiger partial charge in [0.25, 0.3) is 11.8 Å². The molecule has 0 aliphatic heterocycles. The summed E-state index contributed by atoms with van der Waals surface area (Å²) >= 11 is 1.53. The summed E-state index contributed by atoms with van der Waals surface area (Å²) in [6, 6.07) is 11.1. The molecule has 6 heteroatoms. The van der Waals surface area contributed by atoms with Crippen LogP contribution in [-0.2, 0) is 19.4 Å². The van der Waals surface area contributed by atoms with E-state index < -0.39 is 0 Å². The van der Waals surface area contributed by atoms with Crippen molar-refractivity contribution in [3.05, 3.63) is 75.6 Å². The van der Waals surface area contributed by atoms with Crippen molar-refractivity contribution >= 4 is 28.2 Å². The number of carbonyl (C=O) groups excluding carboxylic acids is 2. The van der Waals surface area contributed by atoms with Gasteiger partial charge in [-0.3, -0.25) is 9.59 Å². The molecule has 1 aromatic carbocycles. The van der Waals surface area contributed by atoms with Gasteiger partial charge in [0.2, 0.25) is 0 Å². The number of thiophene rings is 1. The van der Waals surface area contributed by atoms with Crippen LogP contribution in [0.1, 0.15) is 55.8 Å². The maximum absolute atomic E-state index is 13.1. The molecule has 1 unspecified atom stereocenters. The fraction of sp³-hybridized carbons (Fsp3) is 0.304. The predicted octanol–water partition coefficient (Wildman–Crippen LogP) is 4.96. The van der Waals surface area contributed by atoms with Gasteiger partial charge in [-0.25, -0.2) is 0 Å². The van der Waals surface area contributed by atoms with Crippen molar-refractivity contribution in [1.29, 1.82) is 0 Å². The predicted molar refractivity (Wildman–Crippen MR) is 115 cm³/mol. The molecule has 0 spiro atoms. The Bertz CT molecular complexity index is 1040. The third kappa shape index (κ3) is 4.27. The highest BCUT2D eigenvalue weighted by Gasteiger charge is 2.28. The molecule has 29 heavy (non-hydrogen) atoms. The second-order valence-corrected chi connectivity index (χ2v) is 8.75. The molecule has 4 rings (SSSR count). The minimum absolute atomic E-state index is 0.173. The highest BCUT2D eigenvalue weighted by atomic mass is 32.1. The monoisotopic (exact) mass is 408 g/mol. The summed E-state index contributed by atoms with van der Waals surface area (Å²) in [5.41, 5.74) is 3.29. The molecule has 0 saturated carbocycles. The van der Waals surface area contributed by atoms with Crippen LogP contribution in [0.5, 0.6) is 0 Å². The molecular formula is C23H24N2O3S. The molecule has 3 aromatic rings. The minimum atomic E-state index is -0.194. The van der Waals surface area contributed by atoms with E-state index in [1.54, 1.807) is 18.4 Å². The smallest absolute Gasteiger partial charge is 0.256 e. The Kier molecular flexibility index (Phi) is 5.53. The van der Waals surface area contributed by atoms with Gasteiger partial charge in [-0.1, -0.05) is 24.6 Å². The fourth-order valence-electron chi connectivity index (χ4n) is 3.71. The van der Waals surface area contributed by atoms with Gasteiger partial charge in [-0.05, 0) is 61.9 Å². The molecule has 0 saturated heterocycles. The number of rotatable bonds is 5. The van der Waals surface area contributed by atoms with Gasteiger partial charge in [-0.15, -0.1) is 11.3 Å². The first-order chi connectivity index (χ1) is 14.0. The van der Waals surface area contributed by atoms with Crippen LogP contribution in [0.15, 0.2) is 47.1 Å². The van der Waals surface area contributed by atoms with E-state index in [-0.39, 0.29) is 11.8 Å². The lowest BCUT2D eigenvalue weighted by Crippen LogP contribution is -2.25. The SMILES string of the molecule is Cc1cccc(C(=O)Nc2sc3c(c2C(=O)NCc2ccco2)CCC(C)C3)c1. The summed E-state index contributed by atoms with van der Waals surface area (Å²) in [5, 5.41) is 6.56. The van der Waals surface area contributed by atoms with Crippen LogP contribution in [0.4, 0.5) is 5.00 Å². The zero-order chi connectivity index (χ0) is 20.4. The van der Waals surface area contributed by atoms with E-state index >= 15 is 0 Å². The average molecular weight is 409 g/mol. The number of hydrogen-bond acceptors (Lipinski definition) is 4. The standard InChI is InChI=1S/C23H24N2O3S/c1-14-5-3-6-16(11-14)21(26)25-23-20(18-9-8-15(2)12-19(18)29-23)22(27)24-13-17-7-4-10-28-17/h3-7,10-11,15H,8-9,12-13H2,1-2H3,(H,24,27)(H,25,26). The summed E-state index contributed by atoms with van der Waals surface area (Å²) < 4.78 is 5.31. The van der Waals surface area contributed by atoms with Crippen molar-refractivity contribution < 1.29 is 14.0 Å². The van der Waals surface area contributed by atoms with Gasteiger partial charge in [0.15, 0.2) is 0 Å². The minimum Gasteiger partial charge on any atom is -0.467 e. The Labute approximate surface area is 174 Å². The zero-order valence-electron chi connectivity index (χ0n) is 16.6. The molecule has 5 nitrogen and oxygen atoms in total. The molecule has 2 aromatic heterocycles. The van der Waals surface area contributed by atoms with Crippen molar-refractivity contribution in [3.8, 4) is 0 Å². The van der Waals surface area contributed by atoms with Gasteiger partial charge in [0, 0.05) is 10.4 Å². The first kappa shape index (κ1) is 19.5. The number of furan rings is 1. The van der Waals surface area contributed by atoms with Crippen LogP contribution in [0.25, 0.3) is 0 Å². The summed E-state index contributed by atoms with van der Waals surface area (Å²) in [5.74, 6) is 0.912. The summed E-state index contributed by atoms with van der Waals surface area (Å²) in [6.07, 6.45) is 4.44. The topological polar surface area (TPSA) is 71.3 Å². The first-order valence-corrected chi connectivity index (χ1v) is 10.7. The second-order valence-electron chi connectivity index (χ2n) is 7.64. The maximum Gasteiger partial charge on any atom is 0.256 e. The van der Waals surface area contributed by atoms with E-state index in [0.29, 0.717) is 34.4 Å². The Morgan fingerprint density at radius 1 is 1.21 bits per heavy atom. The molecule has 0 fully saturated rings. The normalized spacial score (nSPS) is 15.6. The summed E-state index contributed by atoms with van der Waals surface area (Å²) in [6.45, 7) is 4.50. The maximum atomic E-state index is 13.1. The zero-order valence-corrected chi connectivity index (χ0v) is 17.4. The number of anilines is 1. The van der Waals surface area contributed by atoms with Gasteiger partial charge in [0.05, 0.1) is 18.4 Å². The Morgan fingerprint density at radius 2 is 2.07 bits per heavy atom. The fourth-order valence-corrected chi connectivity index (χ4v) is 5.11. The third-order valence-electron chi connectivity index (χ3n) is 5.25. The van der Waals surface area contributed by atoms with Crippen LogP contribution < -0.4 is 10.6 Å². The van der Waals surface area contributed by atoms with E-state index in [1.807, 2.05) is 31.2 Å². The van der Waals surface area contributed by atoms with Crippen molar-refractivity contribution in [2.45, 2.75) is 39.7 Å². The first-order valence-electron chi connectivity index (χ1n) is 9.84. The Hall–Kier alpha value is -2.86. The van der Waals surface area contributed by atoms with E-state index in [9.17, 15) is 9.59 Å². The van der Waals surface area contributed by atoms with Gasteiger partial charge < -0.3 is 15.1 Å². The lowest BCUT2D eigenvalue weighted by molar-refractivity contribution is 0.0948. The second kappa shape index (κ2) is 8.25. The van der Waals surface area contributed by atoms with Gasteiger partial charge in [-0.2, -0.15) is 0 Å². The number of fused-ring (bicyclic) bond motifs is 1. The summed E-state index contributed by atoms with van der Waals surface area (Å²) in [4.78, 5) is 27.1. The van der Waals surface area contributed by atoms with Gasteiger partial charge >= 0.3 is 0 Å². The molecule has 0 radical (unpaired) electrons. The van der Waals surface area contributed by atoms with Crippen molar-refractivity contribution in [2.75, 3.05) is 5.32 Å².